The van der Waals surface area contributed by atoms with Crippen LogP contribution in [0.15, 0.2) is 36.4 Å². The van der Waals surface area contributed by atoms with Crippen LogP contribution in [0.2, 0.25) is 0 Å². The van der Waals surface area contributed by atoms with Crippen molar-refractivity contribution in [2.45, 2.75) is 11.8 Å². The predicted molar refractivity (Wildman–Crippen MR) is 64.1 cm³/mol. The highest BCUT2D eigenvalue weighted by atomic mass is 79.9. The Morgan fingerprint density at radius 1 is 1.27 bits per heavy atom. The molecular formula is C12H10BrNO. The van der Waals surface area contributed by atoms with Gasteiger partial charge in [0.05, 0.1) is 11.2 Å². The van der Waals surface area contributed by atoms with Gasteiger partial charge in [0.1, 0.15) is 10.6 Å². The zero-order chi connectivity index (χ0) is 10.8. The number of para-hydroxylation sites is 1. The Labute approximate surface area is 96.5 Å². The lowest BCUT2D eigenvalue weighted by Crippen LogP contribution is -2.03. The molecule has 76 valence electrons. The fourth-order valence-electron chi connectivity index (χ4n) is 1.43. The number of carbonyl (C=O) groups excluding carboxylic acids is 1. The van der Waals surface area contributed by atoms with Crippen LogP contribution in [-0.4, -0.2) is 10.8 Å². The van der Waals surface area contributed by atoms with Gasteiger partial charge in [-0.05, 0) is 19.1 Å². The van der Waals surface area contributed by atoms with Crippen molar-refractivity contribution >= 4 is 32.6 Å². The first-order chi connectivity index (χ1) is 7.18. The van der Waals surface area contributed by atoms with E-state index >= 15 is 0 Å². The second-order valence-electron chi connectivity index (χ2n) is 3.40. The number of hydrogen-bond acceptors (Lipinski definition) is 2. The average molecular weight is 264 g/mol. The van der Waals surface area contributed by atoms with Crippen LogP contribution in [0.25, 0.3) is 10.9 Å². The molecule has 0 fully saturated rings. The van der Waals surface area contributed by atoms with Gasteiger partial charge >= 0.3 is 0 Å². The summed E-state index contributed by atoms with van der Waals surface area (Å²) in [6, 6.07) is 11.7. The van der Waals surface area contributed by atoms with Gasteiger partial charge in [0.25, 0.3) is 0 Å². The highest BCUT2D eigenvalue weighted by molar-refractivity contribution is 9.09. The molecular weight excluding hydrogens is 254 g/mol. The number of hydrogen-bond donors (Lipinski definition) is 0. The third-order valence-corrected chi connectivity index (χ3v) is 3.35. The molecule has 1 atom stereocenters. The Balaban J connectivity index is 2.51. The van der Waals surface area contributed by atoms with Crippen LogP contribution in [0.3, 0.4) is 0 Å². The zero-order valence-electron chi connectivity index (χ0n) is 8.27. The standard InChI is InChI=1S/C12H10BrNO/c1-8(15)12(13)11-7-6-9-4-2-3-5-10(9)14-11/h2-7,12H,1H3. The second-order valence-corrected chi connectivity index (χ2v) is 4.32. The van der Waals surface area contributed by atoms with E-state index in [1.807, 2.05) is 36.4 Å². The number of Topliss-reactive ketones (excluding diaryl/α,β-unsaturated/α-hetero) is 1. The average Bonchev–Trinajstić information content (AvgIpc) is 2.27. The minimum Gasteiger partial charge on any atom is -0.298 e. The Morgan fingerprint density at radius 2 is 2.00 bits per heavy atom. The Hall–Kier alpha value is -1.22. The molecule has 0 amide bonds. The summed E-state index contributed by atoms with van der Waals surface area (Å²) in [7, 11) is 0. The Morgan fingerprint density at radius 3 is 2.73 bits per heavy atom. The number of ketones is 1. The maximum atomic E-state index is 11.2. The fourth-order valence-corrected chi connectivity index (χ4v) is 1.69. The first kappa shape index (κ1) is 10.3. The molecule has 2 aromatic rings. The van der Waals surface area contributed by atoms with Crippen molar-refractivity contribution < 1.29 is 4.79 Å². The maximum absolute atomic E-state index is 11.2. The summed E-state index contributed by atoms with van der Waals surface area (Å²) in [5.74, 6) is 0.0674. The Bertz CT molecular complexity index is 510. The molecule has 0 bridgehead atoms. The van der Waals surface area contributed by atoms with E-state index in [9.17, 15) is 4.79 Å². The molecule has 0 aliphatic heterocycles. The van der Waals surface area contributed by atoms with Crippen molar-refractivity contribution in [2.75, 3.05) is 0 Å². The van der Waals surface area contributed by atoms with E-state index in [1.54, 1.807) is 6.92 Å². The summed E-state index contributed by atoms with van der Waals surface area (Å²) >= 11 is 3.32. The fraction of sp³-hybridized carbons (Fsp3) is 0.167. The third kappa shape index (κ3) is 2.07. The molecule has 1 aromatic heterocycles. The van der Waals surface area contributed by atoms with Crippen molar-refractivity contribution in [1.82, 2.24) is 4.98 Å². The molecule has 1 unspecified atom stereocenters. The van der Waals surface area contributed by atoms with Crippen LogP contribution in [0.1, 0.15) is 17.4 Å². The van der Waals surface area contributed by atoms with E-state index in [0.29, 0.717) is 0 Å². The molecule has 15 heavy (non-hydrogen) atoms. The highest BCUT2D eigenvalue weighted by Crippen LogP contribution is 2.23. The van der Waals surface area contributed by atoms with Crippen molar-refractivity contribution in [3.8, 4) is 0 Å². The quantitative estimate of drug-likeness (QED) is 0.779. The molecule has 0 N–H and O–H groups in total. The van der Waals surface area contributed by atoms with Crippen LogP contribution in [0.5, 0.6) is 0 Å². The van der Waals surface area contributed by atoms with E-state index in [-0.39, 0.29) is 10.6 Å². The molecule has 1 aromatic carbocycles. The second kappa shape index (κ2) is 4.11. The van der Waals surface area contributed by atoms with Gasteiger partial charge in [-0.15, -0.1) is 0 Å². The van der Waals surface area contributed by atoms with Gasteiger partial charge in [-0.2, -0.15) is 0 Å². The van der Waals surface area contributed by atoms with Crippen LogP contribution in [0.4, 0.5) is 0 Å². The lowest BCUT2D eigenvalue weighted by atomic mass is 10.1. The van der Waals surface area contributed by atoms with Crippen LogP contribution in [0, 0.1) is 0 Å². The summed E-state index contributed by atoms with van der Waals surface area (Å²) in [4.78, 5) is 15.3. The van der Waals surface area contributed by atoms with E-state index in [2.05, 4.69) is 20.9 Å². The van der Waals surface area contributed by atoms with E-state index in [4.69, 9.17) is 0 Å². The Kier molecular flexibility index (Phi) is 2.82. The van der Waals surface area contributed by atoms with Gasteiger partial charge in [-0.3, -0.25) is 9.78 Å². The van der Waals surface area contributed by atoms with Crippen molar-refractivity contribution in [3.63, 3.8) is 0 Å². The molecule has 2 nitrogen and oxygen atoms in total. The number of nitrogens with zero attached hydrogens (tertiary/aromatic N) is 1. The lowest BCUT2D eigenvalue weighted by Gasteiger charge is -2.06. The number of halogens is 1. The first-order valence-electron chi connectivity index (χ1n) is 4.68. The topological polar surface area (TPSA) is 30.0 Å². The van der Waals surface area contributed by atoms with Crippen molar-refractivity contribution in [2.24, 2.45) is 0 Å². The van der Waals surface area contributed by atoms with Crippen LogP contribution in [-0.2, 0) is 4.79 Å². The molecule has 0 aliphatic carbocycles. The third-order valence-electron chi connectivity index (χ3n) is 2.24. The molecule has 0 aliphatic rings. The van der Waals surface area contributed by atoms with Gasteiger partial charge in [-0.25, -0.2) is 0 Å². The van der Waals surface area contributed by atoms with Crippen LogP contribution >= 0.6 is 15.9 Å². The normalized spacial score (nSPS) is 12.7. The number of aromatic nitrogens is 1. The van der Waals surface area contributed by atoms with E-state index in [0.717, 1.165) is 16.6 Å². The minimum absolute atomic E-state index is 0.0674. The molecule has 1 heterocycles. The highest BCUT2D eigenvalue weighted by Gasteiger charge is 2.13. The maximum Gasteiger partial charge on any atom is 0.149 e. The molecule has 2 rings (SSSR count). The minimum atomic E-state index is -0.304. The van der Waals surface area contributed by atoms with E-state index in [1.165, 1.54) is 0 Å². The predicted octanol–water partition coefficient (Wildman–Crippen LogP) is 3.26. The number of benzene rings is 1. The largest absolute Gasteiger partial charge is 0.298 e. The molecule has 0 saturated heterocycles. The number of fused-ring (bicyclic) bond motifs is 1. The van der Waals surface area contributed by atoms with Crippen LogP contribution < -0.4 is 0 Å². The summed E-state index contributed by atoms with van der Waals surface area (Å²) in [5.41, 5.74) is 1.68. The van der Waals surface area contributed by atoms with Crippen molar-refractivity contribution in [1.29, 1.82) is 0 Å². The SMILES string of the molecule is CC(=O)C(Br)c1ccc2ccccc2n1. The van der Waals surface area contributed by atoms with Gasteiger partial charge in [0.2, 0.25) is 0 Å². The number of alkyl halides is 1. The van der Waals surface area contributed by atoms with E-state index < -0.39 is 0 Å². The summed E-state index contributed by atoms with van der Waals surface area (Å²) in [5, 5.41) is 1.09. The summed E-state index contributed by atoms with van der Waals surface area (Å²) in [6.07, 6.45) is 0. The molecule has 0 saturated carbocycles. The number of carbonyl (C=O) groups is 1. The van der Waals surface area contributed by atoms with Gasteiger partial charge in [0.15, 0.2) is 0 Å². The van der Waals surface area contributed by atoms with Gasteiger partial charge in [-0.1, -0.05) is 40.2 Å². The molecule has 0 spiro atoms. The van der Waals surface area contributed by atoms with Gasteiger partial charge < -0.3 is 0 Å². The lowest BCUT2D eigenvalue weighted by molar-refractivity contribution is -0.116. The smallest absolute Gasteiger partial charge is 0.149 e. The summed E-state index contributed by atoms with van der Waals surface area (Å²) < 4.78 is 0. The number of pyridine rings is 1. The molecule has 0 radical (unpaired) electrons. The summed E-state index contributed by atoms with van der Waals surface area (Å²) in [6.45, 7) is 1.55. The van der Waals surface area contributed by atoms with Crippen molar-refractivity contribution in [3.05, 3.63) is 42.1 Å². The molecule has 3 heteroatoms. The zero-order valence-corrected chi connectivity index (χ0v) is 9.86. The number of rotatable bonds is 2. The monoisotopic (exact) mass is 263 g/mol. The first-order valence-corrected chi connectivity index (χ1v) is 5.60. The van der Waals surface area contributed by atoms with Gasteiger partial charge in [0, 0.05) is 5.39 Å².